The molecule has 0 aromatic heterocycles. The number of nitriles is 1. The predicted molar refractivity (Wildman–Crippen MR) is 223 cm³/mol. The second-order valence-corrected chi connectivity index (χ2v) is 13.0. The Morgan fingerprint density at radius 1 is 0.846 bits per heavy atom. The van der Waals surface area contributed by atoms with Gasteiger partial charge >= 0.3 is 0 Å². The SMILES string of the molecule is C=C(CC)N(C)N1Cc2ccc(F)cc2C1.CC.CCCCC.CCCCCC.Cc1ccc(C#N)cc1C.Cc1ccc(C2CC2)cc1.NC=O. The number of nitrogens with zero attached hydrogens (tertiary/aromatic N) is 3. The van der Waals surface area contributed by atoms with E-state index in [1.165, 1.54) is 91.7 Å². The number of benzene rings is 3. The van der Waals surface area contributed by atoms with Crippen LogP contribution >= 0.6 is 0 Å². The number of amides is 1. The monoisotopic (exact) mass is 717 g/mol. The smallest absolute Gasteiger partial charge is 0.204 e. The molecule has 6 heteroatoms. The lowest BCUT2D eigenvalue weighted by molar-refractivity contribution is -0.106. The van der Waals surface area contributed by atoms with Gasteiger partial charge in [-0.2, -0.15) is 5.26 Å². The summed E-state index contributed by atoms with van der Waals surface area (Å²) in [6, 6.07) is 21.7. The molecular weight excluding hydrogens is 644 g/mol. The number of rotatable bonds is 9. The van der Waals surface area contributed by atoms with E-state index in [4.69, 9.17) is 10.1 Å². The second-order valence-electron chi connectivity index (χ2n) is 13.0. The number of nitrogens with two attached hydrogens (primary N) is 1. The van der Waals surface area contributed by atoms with Gasteiger partial charge in [-0.1, -0.05) is 142 Å². The summed E-state index contributed by atoms with van der Waals surface area (Å²) in [7, 11) is 2.01. The Hall–Kier alpha value is -3.95. The predicted octanol–water partition coefficient (Wildman–Crippen LogP) is 12.9. The third-order valence-electron chi connectivity index (χ3n) is 8.59. The molecule has 0 spiro atoms. The molecule has 1 saturated carbocycles. The van der Waals surface area contributed by atoms with E-state index in [9.17, 15) is 4.39 Å². The van der Waals surface area contributed by atoms with Crippen LogP contribution in [0.4, 0.5) is 4.39 Å². The molecule has 0 radical (unpaired) electrons. The molecule has 5 nitrogen and oxygen atoms in total. The van der Waals surface area contributed by atoms with Crippen molar-refractivity contribution in [3.05, 3.63) is 118 Å². The lowest BCUT2D eigenvalue weighted by Gasteiger charge is -2.30. The Bertz CT molecular complexity index is 1390. The lowest BCUT2D eigenvalue weighted by Crippen LogP contribution is -2.34. The molecule has 1 amide bonds. The minimum Gasteiger partial charge on any atom is -0.372 e. The molecular formula is C46H73FN4O. The first kappa shape index (κ1) is 50.2. The Kier molecular flexibility index (Phi) is 30.6. The Morgan fingerprint density at radius 3 is 1.79 bits per heavy atom. The fraction of sp³-hybridized carbons (Fsp3) is 0.522. The van der Waals surface area contributed by atoms with E-state index in [0.29, 0.717) is 0 Å². The molecule has 2 aliphatic rings. The number of primary amides is 1. The zero-order valence-corrected chi connectivity index (χ0v) is 34.8. The fourth-order valence-corrected chi connectivity index (χ4v) is 4.91. The van der Waals surface area contributed by atoms with E-state index in [1.54, 1.807) is 6.07 Å². The van der Waals surface area contributed by atoms with Crippen LogP contribution in [-0.2, 0) is 17.9 Å². The average Bonchev–Trinajstić information content (AvgIpc) is 3.92. The maximum absolute atomic E-state index is 13.1. The number of carbonyl (C=O) groups is 1. The van der Waals surface area contributed by atoms with E-state index in [0.717, 1.165) is 42.3 Å². The first-order valence-corrected chi connectivity index (χ1v) is 19.6. The topological polar surface area (TPSA) is 73.4 Å². The van der Waals surface area contributed by atoms with Gasteiger partial charge in [0, 0.05) is 25.8 Å². The molecule has 0 bridgehead atoms. The molecule has 1 aliphatic heterocycles. The minimum absolute atomic E-state index is 0.155. The Morgan fingerprint density at radius 2 is 1.37 bits per heavy atom. The molecule has 290 valence electrons. The number of hydrogen-bond acceptors (Lipinski definition) is 4. The second kappa shape index (κ2) is 31.8. The quantitative estimate of drug-likeness (QED) is 0.177. The van der Waals surface area contributed by atoms with Crippen LogP contribution < -0.4 is 5.73 Å². The molecule has 5 rings (SSSR count). The normalized spacial score (nSPS) is 11.8. The van der Waals surface area contributed by atoms with Crippen molar-refractivity contribution >= 4 is 6.41 Å². The summed E-state index contributed by atoms with van der Waals surface area (Å²) in [6.07, 6.45) is 13.6. The average molecular weight is 717 g/mol. The Balaban J connectivity index is 0. The van der Waals surface area contributed by atoms with Crippen LogP contribution in [0, 0.1) is 37.9 Å². The van der Waals surface area contributed by atoms with Gasteiger partial charge < -0.3 is 10.7 Å². The molecule has 3 aromatic rings. The van der Waals surface area contributed by atoms with Gasteiger partial charge in [-0.3, -0.25) is 4.79 Å². The van der Waals surface area contributed by atoms with Crippen LogP contribution in [0.1, 0.15) is 158 Å². The molecule has 1 heterocycles. The van der Waals surface area contributed by atoms with Crippen molar-refractivity contribution < 1.29 is 9.18 Å². The number of hydrazine groups is 1. The van der Waals surface area contributed by atoms with Gasteiger partial charge in [-0.25, -0.2) is 9.40 Å². The number of allylic oxidation sites excluding steroid dienone is 1. The molecule has 0 unspecified atom stereocenters. The lowest BCUT2D eigenvalue weighted by atomic mass is 10.1. The summed E-state index contributed by atoms with van der Waals surface area (Å²) in [5.74, 6) is 0.748. The van der Waals surface area contributed by atoms with Crippen molar-refractivity contribution in [2.24, 2.45) is 5.73 Å². The number of unbranched alkanes of at least 4 members (excludes halogenated alkanes) is 5. The Labute approximate surface area is 319 Å². The maximum Gasteiger partial charge on any atom is 0.204 e. The number of fused-ring (bicyclic) bond motifs is 1. The summed E-state index contributed by atoms with van der Waals surface area (Å²) in [4.78, 5) is 8.58. The van der Waals surface area contributed by atoms with Crippen molar-refractivity contribution in [1.29, 1.82) is 5.26 Å². The van der Waals surface area contributed by atoms with E-state index in [-0.39, 0.29) is 12.2 Å². The van der Waals surface area contributed by atoms with Crippen molar-refractivity contribution in [2.75, 3.05) is 7.05 Å². The van der Waals surface area contributed by atoms with Crippen molar-refractivity contribution in [3.63, 3.8) is 0 Å². The number of halogens is 1. The zero-order chi connectivity index (χ0) is 39.9. The van der Waals surface area contributed by atoms with Gasteiger partial charge in [0.2, 0.25) is 6.41 Å². The third-order valence-corrected chi connectivity index (χ3v) is 8.59. The zero-order valence-electron chi connectivity index (χ0n) is 34.8. The van der Waals surface area contributed by atoms with Crippen LogP contribution in [0.15, 0.2) is 72.9 Å². The van der Waals surface area contributed by atoms with Gasteiger partial charge in [0.15, 0.2) is 0 Å². The van der Waals surface area contributed by atoms with E-state index < -0.39 is 0 Å². The van der Waals surface area contributed by atoms with E-state index in [2.05, 4.69) is 94.2 Å². The molecule has 2 N–H and O–H groups in total. The van der Waals surface area contributed by atoms with Gasteiger partial charge in [-0.05, 0) is 98.0 Å². The van der Waals surface area contributed by atoms with Crippen molar-refractivity contribution in [1.82, 2.24) is 10.0 Å². The van der Waals surface area contributed by atoms with Crippen LogP contribution in [0.3, 0.4) is 0 Å². The first-order valence-electron chi connectivity index (χ1n) is 19.6. The maximum atomic E-state index is 13.1. The summed E-state index contributed by atoms with van der Waals surface area (Å²) in [5.41, 5.74) is 13.6. The minimum atomic E-state index is -0.155. The number of aryl methyl sites for hydroxylation is 3. The summed E-state index contributed by atoms with van der Waals surface area (Å²) in [6.45, 7) is 26.8. The highest BCUT2D eigenvalue weighted by Crippen LogP contribution is 2.39. The molecule has 52 heavy (non-hydrogen) atoms. The highest BCUT2D eigenvalue weighted by Gasteiger charge is 2.23. The molecule has 1 aliphatic carbocycles. The van der Waals surface area contributed by atoms with E-state index >= 15 is 0 Å². The standard InChI is InChI=1S/C13H17FN2.C10H12.C9H9N.C6H14.C5H12.C2H6.CH3NO/c1-4-10(2)15(3)16-8-11-5-6-13(14)7-12(11)9-16;1-8-2-4-9(5-3-8)10-6-7-10;1-7-3-4-9(6-10)5-8(7)2;1-3-5-6-4-2;1-3-5-4-2;1-2;2-1-3/h5-7H,2,4,8-9H2,1,3H3;2-5,10H,6-7H2,1H3;3-5H,1-2H3;3-6H2,1-2H3;3-5H2,1-2H3;1-2H3;1H,(H2,2,3). The first-order chi connectivity index (χ1) is 25.0. The molecule has 0 atom stereocenters. The summed E-state index contributed by atoms with van der Waals surface area (Å²) in [5, 5.41) is 12.7. The highest BCUT2D eigenvalue weighted by molar-refractivity contribution is 5.42. The third kappa shape index (κ3) is 22.8. The fourth-order valence-electron chi connectivity index (χ4n) is 4.91. The number of carbonyl (C=O) groups excluding carboxylic acids is 1. The highest BCUT2D eigenvalue weighted by atomic mass is 19.1. The molecule has 0 saturated heterocycles. The van der Waals surface area contributed by atoms with Gasteiger partial charge in [0.25, 0.3) is 0 Å². The van der Waals surface area contributed by atoms with Crippen LogP contribution in [0.5, 0.6) is 0 Å². The number of hydrogen-bond donors (Lipinski definition) is 1. The van der Waals surface area contributed by atoms with Crippen molar-refractivity contribution in [2.45, 2.75) is 152 Å². The molecule has 1 fully saturated rings. The van der Waals surface area contributed by atoms with Gasteiger partial charge in [0.1, 0.15) is 5.82 Å². The van der Waals surface area contributed by atoms with Crippen molar-refractivity contribution in [3.8, 4) is 6.07 Å². The summed E-state index contributed by atoms with van der Waals surface area (Å²) >= 11 is 0. The molecule has 3 aromatic carbocycles. The largest absolute Gasteiger partial charge is 0.372 e. The van der Waals surface area contributed by atoms with Gasteiger partial charge in [-0.15, -0.1) is 0 Å². The van der Waals surface area contributed by atoms with Gasteiger partial charge in [0.05, 0.1) is 11.6 Å². The van der Waals surface area contributed by atoms with Crippen LogP contribution in [0.2, 0.25) is 0 Å². The summed E-state index contributed by atoms with van der Waals surface area (Å²) < 4.78 is 13.1. The van der Waals surface area contributed by atoms with Crippen LogP contribution in [-0.4, -0.2) is 23.5 Å². The van der Waals surface area contributed by atoms with E-state index in [1.807, 2.05) is 59.0 Å². The van der Waals surface area contributed by atoms with Crippen LogP contribution in [0.25, 0.3) is 0 Å².